The number of methoxy groups -OCH3 is 2. The van der Waals surface area contributed by atoms with E-state index < -0.39 is 4.92 Å². The molecule has 27 heavy (non-hydrogen) atoms. The Hall–Kier alpha value is -3.62. The third-order valence-electron chi connectivity index (χ3n) is 3.98. The SMILES string of the molecule is COc1ccc(N(C)Cc2nc(-c3ccc([N+](=O)[O-])cc3)no2)cc1OC. The first kappa shape index (κ1) is 18.2. The van der Waals surface area contributed by atoms with Crippen LogP contribution in [0.5, 0.6) is 11.5 Å². The van der Waals surface area contributed by atoms with Crippen molar-refractivity contribution >= 4 is 11.4 Å². The fraction of sp³-hybridized carbons (Fsp3) is 0.222. The van der Waals surface area contributed by atoms with E-state index in [4.69, 9.17) is 14.0 Å². The Morgan fingerprint density at radius 1 is 1.11 bits per heavy atom. The van der Waals surface area contributed by atoms with Crippen molar-refractivity contribution in [3.63, 3.8) is 0 Å². The van der Waals surface area contributed by atoms with Gasteiger partial charge in [0.05, 0.1) is 25.7 Å². The maximum absolute atomic E-state index is 10.7. The fourth-order valence-electron chi connectivity index (χ4n) is 2.53. The first-order chi connectivity index (χ1) is 13.0. The molecular formula is C18H18N4O5. The second-order valence-electron chi connectivity index (χ2n) is 5.71. The number of benzene rings is 2. The number of non-ortho nitro benzene ring substituents is 1. The van der Waals surface area contributed by atoms with Gasteiger partial charge in [0, 0.05) is 36.5 Å². The Balaban J connectivity index is 1.74. The number of nitro benzene ring substituents is 1. The van der Waals surface area contributed by atoms with Gasteiger partial charge in [0.1, 0.15) is 0 Å². The quantitative estimate of drug-likeness (QED) is 0.461. The van der Waals surface area contributed by atoms with Crippen LogP contribution in [0.1, 0.15) is 5.89 Å². The standard InChI is InChI=1S/C18H18N4O5/c1-21(14-8-9-15(25-2)16(10-14)26-3)11-17-19-18(20-27-17)12-4-6-13(7-5-12)22(23)24/h4-10H,11H2,1-3H3. The summed E-state index contributed by atoms with van der Waals surface area (Å²) in [5, 5.41) is 14.7. The Bertz CT molecular complexity index is 939. The molecule has 0 fully saturated rings. The molecule has 0 aliphatic rings. The monoisotopic (exact) mass is 370 g/mol. The van der Waals surface area contributed by atoms with Crippen LogP contribution in [0.15, 0.2) is 47.0 Å². The van der Waals surface area contributed by atoms with Crippen molar-refractivity contribution in [2.75, 3.05) is 26.2 Å². The average Bonchev–Trinajstić information content (AvgIpc) is 3.15. The maximum atomic E-state index is 10.7. The van der Waals surface area contributed by atoms with E-state index in [9.17, 15) is 10.1 Å². The Morgan fingerprint density at radius 3 is 2.44 bits per heavy atom. The van der Waals surface area contributed by atoms with Crippen LogP contribution in [0.3, 0.4) is 0 Å². The minimum atomic E-state index is -0.455. The fourth-order valence-corrected chi connectivity index (χ4v) is 2.53. The minimum absolute atomic E-state index is 0.00987. The van der Waals surface area contributed by atoms with E-state index in [1.54, 1.807) is 26.4 Å². The van der Waals surface area contributed by atoms with Crippen molar-refractivity contribution < 1.29 is 18.9 Å². The third-order valence-corrected chi connectivity index (χ3v) is 3.98. The van der Waals surface area contributed by atoms with Crippen molar-refractivity contribution in [2.45, 2.75) is 6.54 Å². The summed E-state index contributed by atoms with van der Waals surface area (Å²) in [7, 11) is 5.05. The lowest BCUT2D eigenvalue weighted by atomic mass is 10.2. The number of ether oxygens (including phenoxy) is 2. The molecule has 0 aliphatic carbocycles. The first-order valence-electron chi connectivity index (χ1n) is 8.02. The second kappa shape index (κ2) is 7.73. The Kier molecular flexibility index (Phi) is 5.20. The Morgan fingerprint density at radius 2 is 1.81 bits per heavy atom. The molecule has 0 amide bonds. The number of aromatic nitrogens is 2. The van der Waals surface area contributed by atoms with Crippen LogP contribution in [0.2, 0.25) is 0 Å². The van der Waals surface area contributed by atoms with Crippen LogP contribution in [0.25, 0.3) is 11.4 Å². The molecule has 3 aromatic rings. The van der Waals surface area contributed by atoms with Crippen LogP contribution in [0, 0.1) is 10.1 Å². The van der Waals surface area contributed by atoms with Crippen LogP contribution >= 0.6 is 0 Å². The minimum Gasteiger partial charge on any atom is -0.493 e. The number of nitrogens with zero attached hydrogens (tertiary/aromatic N) is 4. The van der Waals surface area contributed by atoms with Gasteiger partial charge in [-0.3, -0.25) is 10.1 Å². The van der Waals surface area contributed by atoms with E-state index in [0.29, 0.717) is 35.3 Å². The van der Waals surface area contributed by atoms with Gasteiger partial charge in [-0.2, -0.15) is 4.98 Å². The van der Waals surface area contributed by atoms with Gasteiger partial charge in [-0.25, -0.2) is 0 Å². The van der Waals surface area contributed by atoms with Gasteiger partial charge in [-0.05, 0) is 24.3 Å². The molecule has 2 aromatic carbocycles. The normalized spacial score (nSPS) is 10.5. The number of nitro groups is 1. The average molecular weight is 370 g/mol. The van der Waals surface area contributed by atoms with Gasteiger partial charge in [0.25, 0.3) is 5.69 Å². The smallest absolute Gasteiger partial charge is 0.269 e. The molecule has 0 saturated carbocycles. The molecule has 0 radical (unpaired) electrons. The molecule has 3 rings (SSSR count). The molecule has 0 aliphatic heterocycles. The maximum Gasteiger partial charge on any atom is 0.269 e. The van der Waals surface area contributed by atoms with E-state index >= 15 is 0 Å². The summed E-state index contributed by atoms with van der Waals surface area (Å²) in [4.78, 5) is 16.6. The van der Waals surface area contributed by atoms with E-state index in [0.717, 1.165) is 5.69 Å². The highest BCUT2D eigenvalue weighted by atomic mass is 16.6. The lowest BCUT2D eigenvalue weighted by molar-refractivity contribution is -0.384. The van der Waals surface area contributed by atoms with Crippen molar-refractivity contribution in [3.05, 3.63) is 58.5 Å². The van der Waals surface area contributed by atoms with E-state index in [2.05, 4.69) is 10.1 Å². The molecule has 0 spiro atoms. The molecule has 0 bridgehead atoms. The van der Waals surface area contributed by atoms with Gasteiger partial charge < -0.3 is 18.9 Å². The lowest BCUT2D eigenvalue weighted by Gasteiger charge is -2.18. The van der Waals surface area contributed by atoms with E-state index in [1.165, 1.54) is 12.1 Å². The number of hydrogen-bond acceptors (Lipinski definition) is 8. The molecule has 9 nitrogen and oxygen atoms in total. The first-order valence-corrected chi connectivity index (χ1v) is 8.02. The molecule has 0 saturated heterocycles. The summed E-state index contributed by atoms with van der Waals surface area (Å²) in [6, 6.07) is 11.6. The van der Waals surface area contributed by atoms with Crippen LogP contribution in [-0.2, 0) is 6.54 Å². The molecule has 0 N–H and O–H groups in total. The molecule has 0 unspecified atom stereocenters. The zero-order valence-corrected chi connectivity index (χ0v) is 15.1. The van der Waals surface area contributed by atoms with E-state index in [1.807, 2.05) is 30.1 Å². The van der Waals surface area contributed by atoms with Gasteiger partial charge in [0.2, 0.25) is 11.7 Å². The van der Waals surface area contributed by atoms with Gasteiger partial charge in [0.15, 0.2) is 11.5 Å². The summed E-state index contributed by atoms with van der Waals surface area (Å²) in [6.07, 6.45) is 0. The summed E-state index contributed by atoms with van der Waals surface area (Å²) in [5.74, 6) is 2.06. The predicted octanol–water partition coefficient (Wildman–Crippen LogP) is 3.30. The topological polar surface area (TPSA) is 104 Å². The van der Waals surface area contributed by atoms with E-state index in [-0.39, 0.29) is 5.69 Å². The number of rotatable bonds is 7. The van der Waals surface area contributed by atoms with Crippen LogP contribution < -0.4 is 14.4 Å². The molecule has 140 valence electrons. The van der Waals surface area contributed by atoms with Crippen molar-refractivity contribution in [1.82, 2.24) is 10.1 Å². The second-order valence-corrected chi connectivity index (χ2v) is 5.71. The lowest BCUT2D eigenvalue weighted by Crippen LogP contribution is -2.16. The summed E-state index contributed by atoms with van der Waals surface area (Å²) < 4.78 is 15.9. The highest BCUT2D eigenvalue weighted by Crippen LogP contribution is 2.31. The molecule has 0 atom stereocenters. The summed E-state index contributed by atoms with van der Waals surface area (Å²) >= 11 is 0. The van der Waals surface area contributed by atoms with Gasteiger partial charge in [-0.1, -0.05) is 5.16 Å². The number of anilines is 1. The zero-order chi connectivity index (χ0) is 19.4. The highest BCUT2D eigenvalue weighted by molar-refractivity contribution is 5.57. The molecule has 9 heteroatoms. The van der Waals surface area contributed by atoms with Crippen LogP contribution in [-0.4, -0.2) is 36.3 Å². The Labute approximate surface area is 155 Å². The zero-order valence-electron chi connectivity index (χ0n) is 15.1. The predicted molar refractivity (Wildman–Crippen MR) is 98.0 cm³/mol. The van der Waals surface area contributed by atoms with Crippen molar-refractivity contribution in [1.29, 1.82) is 0 Å². The van der Waals surface area contributed by atoms with Crippen molar-refractivity contribution in [3.8, 4) is 22.9 Å². The number of hydrogen-bond donors (Lipinski definition) is 0. The van der Waals surface area contributed by atoms with Gasteiger partial charge in [-0.15, -0.1) is 0 Å². The van der Waals surface area contributed by atoms with Crippen LogP contribution in [0.4, 0.5) is 11.4 Å². The van der Waals surface area contributed by atoms with Gasteiger partial charge >= 0.3 is 0 Å². The molecule has 1 heterocycles. The highest BCUT2D eigenvalue weighted by Gasteiger charge is 2.14. The molecular weight excluding hydrogens is 352 g/mol. The molecule has 1 aromatic heterocycles. The summed E-state index contributed by atoms with van der Waals surface area (Å²) in [5.41, 5.74) is 1.54. The third kappa shape index (κ3) is 3.97. The summed E-state index contributed by atoms with van der Waals surface area (Å²) in [6.45, 7) is 0.384. The van der Waals surface area contributed by atoms with Crippen molar-refractivity contribution in [2.24, 2.45) is 0 Å². The largest absolute Gasteiger partial charge is 0.493 e.